The number of β-amino-alcohol motifs (C(OH)–C–C–N with tert-alkyl or cyclic N) is 1. The Morgan fingerprint density at radius 2 is 1.70 bits per heavy atom. The van der Waals surface area contributed by atoms with Crippen LogP contribution >= 0.6 is 0 Å². The molecule has 1 rings (SSSR count). The van der Waals surface area contributed by atoms with Crippen molar-refractivity contribution in [2.45, 2.75) is 19.3 Å². The number of hydrogen-bond acceptors (Lipinski definition) is 2. The van der Waals surface area contributed by atoms with Crippen molar-refractivity contribution in [3.63, 3.8) is 0 Å². The first-order valence-corrected chi connectivity index (χ1v) is 3.76. The van der Waals surface area contributed by atoms with E-state index in [1.54, 1.807) is 0 Å². The summed E-state index contributed by atoms with van der Waals surface area (Å²) in [6.45, 7) is 3.58. The van der Waals surface area contributed by atoms with E-state index in [1.165, 1.54) is 32.4 Å². The Labute approximate surface area is 87.9 Å². The first-order chi connectivity index (χ1) is 4.43. The van der Waals surface area contributed by atoms with Crippen molar-refractivity contribution < 1.29 is 37.8 Å². The van der Waals surface area contributed by atoms with Crippen LogP contribution in [0.2, 0.25) is 0 Å². The Bertz CT molecular complexity index is 71.3. The van der Waals surface area contributed by atoms with Gasteiger partial charge in [0, 0.05) is 39.3 Å². The summed E-state index contributed by atoms with van der Waals surface area (Å²) in [5.74, 6) is 0. The molecule has 1 fully saturated rings. The van der Waals surface area contributed by atoms with Crippen molar-refractivity contribution in [1.82, 2.24) is 4.90 Å². The molecule has 0 aromatic rings. The van der Waals surface area contributed by atoms with E-state index < -0.39 is 0 Å². The Morgan fingerprint density at radius 3 is 2.20 bits per heavy atom. The van der Waals surface area contributed by atoms with Crippen LogP contribution in [0.1, 0.15) is 19.3 Å². The van der Waals surface area contributed by atoms with E-state index in [0.717, 1.165) is 6.54 Å². The SMILES string of the molecule is OCCN1CCCCC1.[Y]. The molecule has 1 radical (unpaired) electrons. The molecule has 0 aromatic carbocycles. The first kappa shape index (κ1) is 11.0. The second kappa shape index (κ2) is 6.72. The zero-order chi connectivity index (χ0) is 6.53. The van der Waals surface area contributed by atoms with Crippen LogP contribution in [0.15, 0.2) is 0 Å². The molecule has 0 bridgehead atoms. The maximum Gasteiger partial charge on any atom is 0.0558 e. The molecule has 1 N–H and O–H groups in total. The van der Waals surface area contributed by atoms with Crippen LogP contribution in [0, 0.1) is 0 Å². The zero-order valence-corrected chi connectivity index (χ0v) is 9.26. The van der Waals surface area contributed by atoms with Gasteiger partial charge in [-0.3, -0.25) is 0 Å². The van der Waals surface area contributed by atoms with Gasteiger partial charge in [0.2, 0.25) is 0 Å². The summed E-state index contributed by atoms with van der Waals surface area (Å²) in [5, 5.41) is 8.58. The van der Waals surface area contributed by atoms with Crippen LogP contribution in [0.4, 0.5) is 0 Å². The quantitative estimate of drug-likeness (QED) is 0.727. The molecule has 57 valence electrons. The van der Waals surface area contributed by atoms with Gasteiger partial charge in [0.15, 0.2) is 0 Å². The fraction of sp³-hybridized carbons (Fsp3) is 1.00. The standard InChI is InChI=1S/C7H15NO.Y/c9-7-6-8-4-2-1-3-5-8;/h9H,1-7H2;. The molecule has 0 unspecified atom stereocenters. The normalized spacial score (nSPS) is 20.1. The van der Waals surface area contributed by atoms with Crippen molar-refractivity contribution >= 4 is 0 Å². The van der Waals surface area contributed by atoms with Crippen molar-refractivity contribution in [1.29, 1.82) is 0 Å². The predicted octanol–water partition coefficient (Wildman–Crippen LogP) is 0.462. The molecule has 0 spiro atoms. The zero-order valence-electron chi connectivity index (χ0n) is 6.42. The summed E-state index contributed by atoms with van der Waals surface area (Å²) in [4.78, 5) is 2.32. The van der Waals surface area contributed by atoms with Gasteiger partial charge in [-0.15, -0.1) is 0 Å². The summed E-state index contributed by atoms with van der Waals surface area (Å²) in [5.41, 5.74) is 0. The molecule has 3 heteroatoms. The summed E-state index contributed by atoms with van der Waals surface area (Å²) >= 11 is 0. The molecule has 1 aliphatic heterocycles. The smallest absolute Gasteiger partial charge is 0.0558 e. The first-order valence-electron chi connectivity index (χ1n) is 3.76. The van der Waals surface area contributed by atoms with E-state index in [-0.39, 0.29) is 32.7 Å². The molecular weight excluding hydrogens is 203 g/mol. The number of likely N-dealkylation sites (tertiary alicyclic amines) is 1. The molecule has 10 heavy (non-hydrogen) atoms. The molecule has 1 saturated heterocycles. The molecule has 0 saturated carbocycles. The summed E-state index contributed by atoms with van der Waals surface area (Å²) in [7, 11) is 0. The van der Waals surface area contributed by atoms with Crippen LogP contribution < -0.4 is 0 Å². The Hall–Kier alpha value is 1.02. The van der Waals surface area contributed by atoms with E-state index >= 15 is 0 Å². The van der Waals surface area contributed by atoms with Crippen LogP contribution in [0.5, 0.6) is 0 Å². The van der Waals surface area contributed by atoms with Crippen molar-refractivity contribution in [2.24, 2.45) is 0 Å². The number of aliphatic hydroxyl groups excluding tert-OH is 1. The third-order valence-corrected chi connectivity index (χ3v) is 1.86. The third kappa shape index (κ3) is 4.02. The number of aliphatic hydroxyl groups is 1. The number of rotatable bonds is 2. The van der Waals surface area contributed by atoms with Crippen LogP contribution in [0.3, 0.4) is 0 Å². The molecule has 1 heterocycles. The fourth-order valence-electron chi connectivity index (χ4n) is 1.32. The topological polar surface area (TPSA) is 23.5 Å². The van der Waals surface area contributed by atoms with Crippen LogP contribution in [-0.2, 0) is 32.7 Å². The molecule has 1 aliphatic rings. The van der Waals surface area contributed by atoms with E-state index in [0.29, 0.717) is 6.61 Å². The second-order valence-electron chi connectivity index (χ2n) is 2.63. The maximum absolute atomic E-state index is 8.58. The molecule has 0 aliphatic carbocycles. The van der Waals surface area contributed by atoms with Gasteiger partial charge in [-0.1, -0.05) is 6.42 Å². The van der Waals surface area contributed by atoms with Gasteiger partial charge >= 0.3 is 0 Å². The monoisotopic (exact) mass is 218 g/mol. The third-order valence-electron chi connectivity index (χ3n) is 1.86. The minimum atomic E-state index is 0. The van der Waals surface area contributed by atoms with E-state index in [2.05, 4.69) is 4.90 Å². The van der Waals surface area contributed by atoms with E-state index in [4.69, 9.17) is 5.11 Å². The van der Waals surface area contributed by atoms with Gasteiger partial charge in [-0.05, 0) is 25.9 Å². The van der Waals surface area contributed by atoms with E-state index in [9.17, 15) is 0 Å². The Kier molecular flexibility index (Phi) is 7.40. The van der Waals surface area contributed by atoms with Gasteiger partial charge < -0.3 is 10.0 Å². The molecule has 0 atom stereocenters. The largest absolute Gasteiger partial charge is 0.395 e. The Balaban J connectivity index is 0.000000810. The van der Waals surface area contributed by atoms with Gasteiger partial charge in [-0.25, -0.2) is 0 Å². The number of nitrogens with zero attached hydrogens (tertiary/aromatic N) is 1. The minimum absolute atomic E-state index is 0. The second-order valence-corrected chi connectivity index (χ2v) is 2.63. The fourth-order valence-corrected chi connectivity index (χ4v) is 1.32. The van der Waals surface area contributed by atoms with Gasteiger partial charge in [0.05, 0.1) is 6.61 Å². The molecule has 0 amide bonds. The Morgan fingerprint density at radius 1 is 1.10 bits per heavy atom. The van der Waals surface area contributed by atoms with Crippen molar-refractivity contribution in [2.75, 3.05) is 26.2 Å². The molecule has 2 nitrogen and oxygen atoms in total. The summed E-state index contributed by atoms with van der Waals surface area (Å²) in [6, 6.07) is 0. The number of hydrogen-bond donors (Lipinski definition) is 1. The van der Waals surface area contributed by atoms with Crippen LogP contribution in [0.25, 0.3) is 0 Å². The molecular formula is C7H15NOY. The van der Waals surface area contributed by atoms with Gasteiger partial charge in [0.25, 0.3) is 0 Å². The van der Waals surface area contributed by atoms with E-state index in [1.807, 2.05) is 0 Å². The van der Waals surface area contributed by atoms with Gasteiger partial charge in [0.1, 0.15) is 0 Å². The maximum atomic E-state index is 8.58. The van der Waals surface area contributed by atoms with Crippen molar-refractivity contribution in [3.8, 4) is 0 Å². The van der Waals surface area contributed by atoms with Gasteiger partial charge in [-0.2, -0.15) is 0 Å². The van der Waals surface area contributed by atoms with Crippen molar-refractivity contribution in [3.05, 3.63) is 0 Å². The minimum Gasteiger partial charge on any atom is -0.395 e. The average molecular weight is 218 g/mol. The average Bonchev–Trinajstić information content (AvgIpc) is 1.91. The molecule has 0 aromatic heterocycles. The predicted molar refractivity (Wildman–Crippen MR) is 37.4 cm³/mol. The van der Waals surface area contributed by atoms with Crippen LogP contribution in [-0.4, -0.2) is 36.2 Å². The summed E-state index contributed by atoms with van der Waals surface area (Å²) < 4.78 is 0. The summed E-state index contributed by atoms with van der Waals surface area (Å²) in [6.07, 6.45) is 4.02. The number of piperidine rings is 1.